The van der Waals surface area contributed by atoms with Crippen LogP contribution in [0.15, 0.2) is 23.2 Å². The first-order valence-electron chi connectivity index (χ1n) is 8.73. The number of rotatable bonds is 7. The Labute approximate surface area is 171 Å². The van der Waals surface area contributed by atoms with E-state index in [1.165, 1.54) is 6.42 Å². The van der Waals surface area contributed by atoms with E-state index >= 15 is 0 Å². The average Bonchev–Trinajstić information content (AvgIpc) is 2.97. The molecular formula is C18H29F2IN4O. The molecule has 5 nitrogen and oxygen atoms in total. The van der Waals surface area contributed by atoms with Crippen molar-refractivity contribution in [3.8, 4) is 5.75 Å². The molecular weight excluding hydrogens is 453 g/mol. The molecule has 8 heteroatoms. The molecule has 0 aromatic heterocycles. The number of benzene rings is 1. The molecule has 2 N–H and O–H groups in total. The van der Waals surface area contributed by atoms with Crippen molar-refractivity contribution < 1.29 is 13.5 Å². The van der Waals surface area contributed by atoms with Gasteiger partial charge in [0.1, 0.15) is 5.75 Å². The Balaban J connectivity index is 0.00000338. The van der Waals surface area contributed by atoms with Crippen LogP contribution in [-0.4, -0.2) is 50.7 Å². The molecule has 0 bridgehead atoms. The number of halogens is 3. The SMILES string of the molecule is CCNC(=NCc1cc(C)ccc1OC(F)F)NCC1CCN(C)C1.I. The van der Waals surface area contributed by atoms with Crippen LogP contribution < -0.4 is 15.4 Å². The molecule has 1 atom stereocenters. The van der Waals surface area contributed by atoms with Crippen LogP contribution in [0.3, 0.4) is 0 Å². The lowest BCUT2D eigenvalue weighted by molar-refractivity contribution is -0.0504. The standard InChI is InChI=1S/C18H28F2N4O.HI/c1-4-21-18(22-10-14-7-8-24(3)12-14)23-11-15-9-13(2)5-6-16(15)25-17(19)20;/h5-6,9,14,17H,4,7-8,10-12H2,1-3H3,(H2,21,22,23);1H. The van der Waals surface area contributed by atoms with Crippen LogP contribution in [0, 0.1) is 12.8 Å². The fraction of sp³-hybridized carbons (Fsp3) is 0.611. The minimum Gasteiger partial charge on any atom is -0.434 e. The number of guanidine groups is 1. The fourth-order valence-corrected chi connectivity index (χ4v) is 2.98. The third-order valence-electron chi connectivity index (χ3n) is 4.23. The predicted molar refractivity (Wildman–Crippen MR) is 112 cm³/mol. The van der Waals surface area contributed by atoms with Crippen LogP contribution in [0.4, 0.5) is 8.78 Å². The average molecular weight is 482 g/mol. The molecule has 1 unspecified atom stereocenters. The van der Waals surface area contributed by atoms with Crippen LogP contribution in [0.5, 0.6) is 5.75 Å². The zero-order valence-corrected chi connectivity index (χ0v) is 17.9. The van der Waals surface area contributed by atoms with Crippen molar-refractivity contribution in [1.29, 1.82) is 0 Å². The third-order valence-corrected chi connectivity index (χ3v) is 4.23. The second-order valence-electron chi connectivity index (χ2n) is 6.48. The minimum absolute atomic E-state index is 0. The Bertz CT molecular complexity index is 586. The zero-order valence-electron chi connectivity index (χ0n) is 15.6. The first kappa shape index (κ1) is 22.9. The van der Waals surface area contributed by atoms with E-state index in [1.54, 1.807) is 12.1 Å². The lowest BCUT2D eigenvalue weighted by Crippen LogP contribution is -2.40. The van der Waals surface area contributed by atoms with Crippen LogP contribution in [0.2, 0.25) is 0 Å². The number of likely N-dealkylation sites (tertiary alicyclic amines) is 1. The number of aryl methyl sites for hydroxylation is 1. The van der Waals surface area contributed by atoms with Gasteiger partial charge in [0.2, 0.25) is 0 Å². The summed E-state index contributed by atoms with van der Waals surface area (Å²) in [7, 11) is 2.13. The van der Waals surface area contributed by atoms with Crippen molar-refractivity contribution in [2.45, 2.75) is 33.4 Å². The molecule has 0 aliphatic carbocycles. The highest BCUT2D eigenvalue weighted by Gasteiger charge is 2.19. The molecule has 0 saturated carbocycles. The summed E-state index contributed by atoms with van der Waals surface area (Å²) >= 11 is 0. The summed E-state index contributed by atoms with van der Waals surface area (Å²) in [4.78, 5) is 6.85. The monoisotopic (exact) mass is 482 g/mol. The lowest BCUT2D eigenvalue weighted by atomic mass is 10.1. The molecule has 1 aromatic carbocycles. The van der Waals surface area contributed by atoms with E-state index in [1.807, 2.05) is 19.9 Å². The maximum absolute atomic E-state index is 12.6. The zero-order chi connectivity index (χ0) is 18.2. The number of alkyl halides is 2. The van der Waals surface area contributed by atoms with Gasteiger partial charge in [-0.3, -0.25) is 0 Å². The number of ether oxygens (including phenoxy) is 1. The first-order valence-corrected chi connectivity index (χ1v) is 8.73. The van der Waals surface area contributed by atoms with Crippen LogP contribution in [0.1, 0.15) is 24.5 Å². The topological polar surface area (TPSA) is 48.9 Å². The summed E-state index contributed by atoms with van der Waals surface area (Å²) in [5, 5.41) is 6.55. The van der Waals surface area contributed by atoms with Crippen LogP contribution >= 0.6 is 24.0 Å². The van der Waals surface area contributed by atoms with E-state index in [0.29, 0.717) is 17.4 Å². The highest BCUT2D eigenvalue weighted by molar-refractivity contribution is 14.0. The maximum Gasteiger partial charge on any atom is 0.387 e. The summed E-state index contributed by atoms with van der Waals surface area (Å²) in [6, 6.07) is 5.16. The van der Waals surface area contributed by atoms with Crippen LogP contribution in [-0.2, 0) is 6.54 Å². The molecule has 0 amide bonds. The van der Waals surface area contributed by atoms with Crippen molar-refractivity contribution in [2.24, 2.45) is 10.9 Å². The van der Waals surface area contributed by atoms with Crippen molar-refractivity contribution in [3.05, 3.63) is 29.3 Å². The number of nitrogens with one attached hydrogen (secondary N) is 2. The normalized spacial score (nSPS) is 17.9. The summed E-state index contributed by atoms with van der Waals surface area (Å²) < 4.78 is 29.7. The van der Waals surface area contributed by atoms with E-state index < -0.39 is 6.61 Å². The second-order valence-corrected chi connectivity index (χ2v) is 6.48. The molecule has 0 spiro atoms. The van der Waals surface area contributed by atoms with Gasteiger partial charge < -0.3 is 20.3 Å². The number of nitrogens with zero attached hydrogens (tertiary/aromatic N) is 2. The van der Waals surface area contributed by atoms with Crippen molar-refractivity contribution in [2.75, 3.05) is 33.2 Å². The Kier molecular flexibility index (Phi) is 10.1. The Morgan fingerprint density at radius 1 is 1.38 bits per heavy atom. The van der Waals surface area contributed by atoms with Gasteiger partial charge >= 0.3 is 6.61 Å². The van der Waals surface area contributed by atoms with Crippen molar-refractivity contribution in [3.63, 3.8) is 0 Å². The van der Waals surface area contributed by atoms with E-state index in [0.717, 1.165) is 31.7 Å². The summed E-state index contributed by atoms with van der Waals surface area (Å²) in [5.74, 6) is 1.48. The summed E-state index contributed by atoms with van der Waals surface area (Å²) in [5.41, 5.74) is 1.64. The predicted octanol–water partition coefficient (Wildman–Crippen LogP) is 3.22. The third kappa shape index (κ3) is 7.61. The Morgan fingerprint density at radius 2 is 2.15 bits per heavy atom. The van der Waals surface area contributed by atoms with E-state index in [-0.39, 0.29) is 36.3 Å². The fourth-order valence-electron chi connectivity index (χ4n) is 2.98. The molecule has 1 heterocycles. The van der Waals surface area contributed by atoms with Gasteiger partial charge in [0.25, 0.3) is 0 Å². The van der Waals surface area contributed by atoms with Gasteiger partial charge in [-0.1, -0.05) is 17.7 Å². The maximum atomic E-state index is 12.6. The number of hydrogen-bond acceptors (Lipinski definition) is 3. The summed E-state index contributed by atoms with van der Waals surface area (Å²) in [6.45, 7) is 5.15. The van der Waals surface area contributed by atoms with Gasteiger partial charge in [-0.25, -0.2) is 4.99 Å². The first-order chi connectivity index (χ1) is 12.0. The molecule has 0 radical (unpaired) electrons. The minimum atomic E-state index is -2.84. The van der Waals surface area contributed by atoms with Gasteiger partial charge in [0, 0.05) is 25.2 Å². The molecule has 1 aliphatic rings. The van der Waals surface area contributed by atoms with Gasteiger partial charge in [0.15, 0.2) is 5.96 Å². The van der Waals surface area contributed by atoms with Gasteiger partial charge in [-0.05, 0) is 45.8 Å². The highest BCUT2D eigenvalue weighted by Crippen LogP contribution is 2.23. The highest BCUT2D eigenvalue weighted by atomic mass is 127. The molecule has 148 valence electrons. The van der Waals surface area contributed by atoms with E-state index in [4.69, 9.17) is 0 Å². The van der Waals surface area contributed by atoms with Crippen LogP contribution in [0.25, 0.3) is 0 Å². The Hall–Kier alpha value is -1.16. The largest absolute Gasteiger partial charge is 0.434 e. The number of hydrogen-bond donors (Lipinski definition) is 2. The molecule has 26 heavy (non-hydrogen) atoms. The van der Waals surface area contributed by atoms with Gasteiger partial charge in [-0.2, -0.15) is 8.78 Å². The smallest absolute Gasteiger partial charge is 0.387 e. The van der Waals surface area contributed by atoms with E-state index in [9.17, 15) is 8.78 Å². The lowest BCUT2D eigenvalue weighted by Gasteiger charge is -2.16. The molecule has 1 fully saturated rings. The van der Waals surface area contributed by atoms with Crippen molar-refractivity contribution in [1.82, 2.24) is 15.5 Å². The molecule has 1 aliphatic heterocycles. The number of aliphatic imine (C=N–C) groups is 1. The summed E-state index contributed by atoms with van der Waals surface area (Å²) in [6.07, 6.45) is 1.17. The molecule has 1 saturated heterocycles. The van der Waals surface area contributed by atoms with Crippen molar-refractivity contribution >= 4 is 29.9 Å². The van der Waals surface area contributed by atoms with Gasteiger partial charge in [0.05, 0.1) is 6.54 Å². The van der Waals surface area contributed by atoms with E-state index in [2.05, 4.69) is 32.3 Å². The Morgan fingerprint density at radius 3 is 2.77 bits per heavy atom. The molecule has 2 rings (SSSR count). The second kappa shape index (κ2) is 11.5. The quantitative estimate of drug-likeness (QED) is 0.356. The van der Waals surface area contributed by atoms with Gasteiger partial charge in [-0.15, -0.1) is 24.0 Å². The molecule has 1 aromatic rings.